The van der Waals surface area contributed by atoms with Gasteiger partial charge in [0.1, 0.15) is 11.5 Å². The van der Waals surface area contributed by atoms with Gasteiger partial charge in [0.2, 0.25) is 5.43 Å². The summed E-state index contributed by atoms with van der Waals surface area (Å²) in [6, 6.07) is 19.4. The van der Waals surface area contributed by atoms with E-state index in [-0.39, 0.29) is 10.6 Å². The van der Waals surface area contributed by atoms with E-state index in [0.29, 0.717) is 17.1 Å². The van der Waals surface area contributed by atoms with E-state index in [1.54, 1.807) is 25.1 Å². The number of aryl methyl sites for hydroxylation is 2. The van der Waals surface area contributed by atoms with Crippen LogP contribution in [0.4, 0.5) is 15.8 Å². The Bertz CT molecular complexity index is 1560. The number of hydrogen-bond acceptors (Lipinski definition) is 5. The number of carbonyl (C=O) groups is 1. The molecule has 0 radical (unpaired) electrons. The number of rotatable bonds is 6. The maximum Gasteiger partial charge on any atom is 0.280 e. The first-order valence-electron chi connectivity index (χ1n) is 10.5. The van der Waals surface area contributed by atoms with E-state index < -0.39 is 32.9 Å². The zero-order chi connectivity index (χ0) is 25.2. The van der Waals surface area contributed by atoms with Crippen molar-refractivity contribution in [2.75, 3.05) is 10.0 Å². The third-order valence-electron chi connectivity index (χ3n) is 5.13. The predicted molar refractivity (Wildman–Crippen MR) is 131 cm³/mol. The molecule has 35 heavy (non-hydrogen) atoms. The quantitative estimate of drug-likeness (QED) is 0.422. The van der Waals surface area contributed by atoms with Gasteiger partial charge >= 0.3 is 0 Å². The number of benzene rings is 3. The molecule has 0 unspecified atom stereocenters. The molecule has 1 amide bonds. The second-order valence-corrected chi connectivity index (χ2v) is 9.49. The standard InChI is InChI=1S/C25H21FN4O4S/c1-16-7-13-20(14-8-16)35(33,34)29-19-11-9-18(10-12-19)27-25(32)24-23(31)15-17(2)30(28-24)22-6-4-3-5-21(22)26/h3-15,29H,1-2H3,(H,27,32). The summed E-state index contributed by atoms with van der Waals surface area (Å²) in [7, 11) is -3.78. The van der Waals surface area contributed by atoms with Crippen molar-refractivity contribution in [1.29, 1.82) is 0 Å². The third kappa shape index (κ3) is 5.28. The van der Waals surface area contributed by atoms with Gasteiger partial charge in [0.25, 0.3) is 15.9 Å². The van der Waals surface area contributed by atoms with Crippen LogP contribution in [0.15, 0.2) is 88.6 Å². The van der Waals surface area contributed by atoms with Crippen molar-refractivity contribution >= 4 is 27.3 Å². The molecule has 1 aromatic heterocycles. The van der Waals surface area contributed by atoms with Gasteiger partial charge in [-0.3, -0.25) is 14.3 Å². The third-order valence-corrected chi connectivity index (χ3v) is 6.53. The van der Waals surface area contributed by atoms with Gasteiger partial charge in [-0.1, -0.05) is 29.8 Å². The average Bonchev–Trinajstić information content (AvgIpc) is 2.81. The fourth-order valence-electron chi connectivity index (χ4n) is 3.32. The van der Waals surface area contributed by atoms with Crippen molar-refractivity contribution in [3.05, 3.63) is 112 Å². The van der Waals surface area contributed by atoms with E-state index in [0.717, 1.165) is 5.56 Å². The Labute approximate surface area is 201 Å². The smallest absolute Gasteiger partial charge is 0.280 e. The summed E-state index contributed by atoms with van der Waals surface area (Å²) >= 11 is 0. The van der Waals surface area contributed by atoms with Gasteiger partial charge in [0.15, 0.2) is 5.69 Å². The minimum absolute atomic E-state index is 0.101. The van der Waals surface area contributed by atoms with Crippen LogP contribution in [0.5, 0.6) is 0 Å². The largest absolute Gasteiger partial charge is 0.320 e. The molecule has 2 N–H and O–H groups in total. The molecule has 178 valence electrons. The monoisotopic (exact) mass is 492 g/mol. The zero-order valence-corrected chi connectivity index (χ0v) is 19.6. The Kier molecular flexibility index (Phi) is 6.48. The van der Waals surface area contributed by atoms with Gasteiger partial charge in [0.05, 0.1) is 4.90 Å². The van der Waals surface area contributed by atoms with Crippen molar-refractivity contribution < 1.29 is 17.6 Å². The summed E-state index contributed by atoms with van der Waals surface area (Å²) in [5, 5.41) is 6.62. The molecule has 0 bridgehead atoms. The minimum Gasteiger partial charge on any atom is -0.320 e. The maximum atomic E-state index is 14.2. The topological polar surface area (TPSA) is 110 Å². The Hall–Kier alpha value is -4.31. The van der Waals surface area contributed by atoms with Crippen molar-refractivity contribution in [2.24, 2.45) is 0 Å². The summed E-state index contributed by atoms with van der Waals surface area (Å²) in [5.74, 6) is -1.34. The highest BCUT2D eigenvalue weighted by Gasteiger charge is 2.18. The molecular formula is C25H21FN4O4S. The Morgan fingerprint density at radius 3 is 2.20 bits per heavy atom. The number of hydrogen-bond donors (Lipinski definition) is 2. The molecule has 0 aliphatic carbocycles. The number of aromatic nitrogens is 2. The molecule has 0 fully saturated rings. The number of amides is 1. The van der Waals surface area contributed by atoms with E-state index in [1.165, 1.54) is 65.3 Å². The van der Waals surface area contributed by atoms with Crippen LogP contribution < -0.4 is 15.5 Å². The molecular weight excluding hydrogens is 471 g/mol. The molecule has 0 saturated heterocycles. The van der Waals surface area contributed by atoms with Crippen LogP contribution >= 0.6 is 0 Å². The molecule has 1 heterocycles. The highest BCUT2D eigenvalue weighted by atomic mass is 32.2. The van der Waals surface area contributed by atoms with Crippen LogP contribution in [0.3, 0.4) is 0 Å². The minimum atomic E-state index is -3.78. The zero-order valence-electron chi connectivity index (χ0n) is 18.8. The van der Waals surface area contributed by atoms with Gasteiger partial charge in [-0.05, 0) is 62.4 Å². The molecule has 10 heteroatoms. The Morgan fingerprint density at radius 1 is 0.914 bits per heavy atom. The van der Waals surface area contributed by atoms with E-state index in [1.807, 2.05) is 6.92 Å². The van der Waals surface area contributed by atoms with Gasteiger partial charge < -0.3 is 5.32 Å². The van der Waals surface area contributed by atoms with Crippen molar-refractivity contribution in [3.63, 3.8) is 0 Å². The normalized spacial score (nSPS) is 11.2. The molecule has 0 atom stereocenters. The second kappa shape index (κ2) is 9.51. The van der Waals surface area contributed by atoms with Gasteiger partial charge in [-0.15, -0.1) is 0 Å². The van der Waals surface area contributed by atoms with Gasteiger partial charge in [0, 0.05) is 23.1 Å². The number of anilines is 2. The number of para-hydroxylation sites is 1. The molecule has 4 rings (SSSR count). The number of nitrogens with one attached hydrogen (secondary N) is 2. The molecule has 3 aromatic carbocycles. The fourth-order valence-corrected chi connectivity index (χ4v) is 4.37. The Balaban J connectivity index is 1.53. The van der Waals surface area contributed by atoms with Gasteiger partial charge in [-0.2, -0.15) is 5.10 Å². The highest BCUT2D eigenvalue weighted by Crippen LogP contribution is 2.19. The lowest BCUT2D eigenvalue weighted by atomic mass is 10.2. The van der Waals surface area contributed by atoms with Crippen LogP contribution in [0.25, 0.3) is 5.69 Å². The molecule has 0 saturated carbocycles. The summed E-state index contributed by atoms with van der Waals surface area (Å²) in [5.41, 5.74) is 0.975. The van der Waals surface area contributed by atoms with Crippen LogP contribution in [0.2, 0.25) is 0 Å². The van der Waals surface area contributed by atoms with Crippen LogP contribution in [-0.2, 0) is 10.0 Å². The summed E-state index contributed by atoms with van der Waals surface area (Å²) in [4.78, 5) is 25.3. The van der Waals surface area contributed by atoms with Crippen LogP contribution in [0, 0.1) is 19.7 Å². The van der Waals surface area contributed by atoms with E-state index in [9.17, 15) is 22.4 Å². The molecule has 8 nitrogen and oxygen atoms in total. The molecule has 0 spiro atoms. The van der Waals surface area contributed by atoms with Gasteiger partial charge in [-0.25, -0.2) is 17.5 Å². The fraction of sp³-hybridized carbons (Fsp3) is 0.0800. The molecule has 4 aromatic rings. The van der Waals surface area contributed by atoms with E-state index >= 15 is 0 Å². The second-order valence-electron chi connectivity index (χ2n) is 7.81. The number of nitrogens with zero attached hydrogens (tertiary/aromatic N) is 2. The number of halogens is 1. The lowest BCUT2D eigenvalue weighted by Gasteiger charge is -2.12. The maximum absolute atomic E-state index is 14.2. The molecule has 0 aliphatic rings. The number of sulfonamides is 1. The van der Waals surface area contributed by atoms with E-state index in [2.05, 4.69) is 15.1 Å². The lowest BCUT2D eigenvalue weighted by Crippen LogP contribution is -2.27. The first-order chi connectivity index (χ1) is 16.6. The SMILES string of the molecule is Cc1ccc(S(=O)(=O)Nc2ccc(NC(=O)c3nn(-c4ccccc4F)c(C)cc3=O)cc2)cc1. The first-order valence-corrected chi connectivity index (χ1v) is 12.0. The predicted octanol–water partition coefficient (Wildman–Crippen LogP) is 4.04. The summed E-state index contributed by atoms with van der Waals surface area (Å²) in [6.07, 6.45) is 0. The van der Waals surface area contributed by atoms with Crippen molar-refractivity contribution in [2.45, 2.75) is 18.7 Å². The lowest BCUT2D eigenvalue weighted by molar-refractivity contribution is 0.101. The number of carbonyl (C=O) groups excluding carboxylic acids is 1. The van der Waals surface area contributed by atoms with Crippen LogP contribution in [0.1, 0.15) is 21.7 Å². The summed E-state index contributed by atoms with van der Waals surface area (Å²) < 4.78 is 43.0. The Morgan fingerprint density at radius 2 is 1.54 bits per heavy atom. The summed E-state index contributed by atoms with van der Waals surface area (Å²) in [6.45, 7) is 3.44. The van der Waals surface area contributed by atoms with E-state index in [4.69, 9.17) is 0 Å². The average molecular weight is 493 g/mol. The van der Waals surface area contributed by atoms with Crippen LogP contribution in [-0.4, -0.2) is 24.1 Å². The van der Waals surface area contributed by atoms with Crippen molar-refractivity contribution in [1.82, 2.24) is 9.78 Å². The molecule has 0 aliphatic heterocycles. The first kappa shape index (κ1) is 23.8. The van der Waals surface area contributed by atoms with Crippen molar-refractivity contribution in [3.8, 4) is 5.69 Å². The highest BCUT2D eigenvalue weighted by molar-refractivity contribution is 7.92.